The van der Waals surface area contributed by atoms with Crippen LogP contribution in [0, 0.1) is 5.82 Å². The molecular weight excluding hydrogens is 313 g/mol. The van der Waals surface area contributed by atoms with Gasteiger partial charge in [-0.3, -0.25) is 14.3 Å². The normalized spacial score (nSPS) is 12.7. The summed E-state index contributed by atoms with van der Waals surface area (Å²) in [6, 6.07) is 5.19. The molecule has 0 aliphatic heterocycles. The molecule has 0 saturated carbocycles. The van der Waals surface area contributed by atoms with Crippen LogP contribution in [0.4, 0.5) is 4.39 Å². The number of aromatic nitrogens is 2. The molecule has 7 heteroatoms. The summed E-state index contributed by atoms with van der Waals surface area (Å²) in [6.45, 7) is 5.77. The van der Waals surface area contributed by atoms with Crippen LogP contribution in [0.25, 0.3) is 0 Å². The summed E-state index contributed by atoms with van der Waals surface area (Å²) in [5.74, 6) is -2.89. The van der Waals surface area contributed by atoms with E-state index in [0.29, 0.717) is 11.1 Å². The van der Waals surface area contributed by atoms with Crippen LogP contribution in [0.5, 0.6) is 0 Å². The van der Waals surface area contributed by atoms with Gasteiger partial charge in [-0.15, -0.1) is 0 Å². The predicted molar refractivity (Wildman–Crippen MR) is 86.3 cm³/mol. The molecule has 6 nitrogen and oxygen atoms in total. The minimum atomic E-state index is -1.09. The smallest absolute Gasteiger partial charge is 0.312 e. The standard InChI is InChI=1S/C17H20FN3O3/c1-17(2,3)21-10-12(8-20-21)15(22)19-9-14(16(23)24)11-4-6-13(18)7-5-11/h4-8,10,14H,9H2,1-3H3,(H,19,22)(H,23,24). The van der Waals surface area contributed by atoms with Crippen molar-refractivity contribution in [2.24, 2.45) is 0 Å². The Bertz CT molecular complexity index is 732. The fourth-order valence-electron chi connectivity index (χ4n) is 2.15. The lowest BCUT2D eigenvalue weighted by Crippen LogP contribution is -2.31. The zero-order chi connectivity index (χ0) is 17.9. The first-order valence-electron chi connectivity index (χ1n) is 7.50. The number of halogens is 1. The Hall–Kier alpha value is -2.70. The first kappa shape index (κ1) is 17.7. The van der Waals surface area contributed by atoms with E-state index in [1.54, 1.807) is 10.9 Å². The molecule has 0 fully saturated rings. The number of aliphatic carboxylic acids is 1. The highest BCUT2D eigenvalue weighted by molar-refractivity contribution is 5.94. The summed E-state index contributed by atoms with van der Waals surface area (Å²) in [4.78, 5) is 23.6. The third kappa shape index (κ3) is 4.18. The maximum Gasteiger partial charge on any atom is 0.312 e. The summed E-state index contributed by atoms with van der Waals surface area (Å²) in [6.07, 6.45) is 3.05. The molecule has 2 aromatic rings. The van der Waals surface area contributed by atoms with Crippen LogP contribution in [-0.4, -0.2) is 33.3 Å². The van der Waals surface area contributed by atoms with Gasteiger partial charge in [-0.1, -0.05) is 12.1 Å². The van der Waals surface area contributed by atoms with Gasteiger partial charge in [-0.05, 0) is 38.5 Å². The summed E-state index contributed by atoms with van der Waals surface area (Å²) in [7, 11) is 0. The molecule has 0 saturated heterocycles. The Kier molecular flexibility index (Phi) is 5.02. The molecule has 0 radical (unpaired) electrons. The molecule has 0 bridgehead atoms. The number of hydrogen-bond acceptors (Lipinski definition) is 3. The molecule has 0 spiro atoms. The second-order valence-electron chi connectivity index (χ2n) is 6.50. The Balaban J connectivity index is 2.06. The van der Waals surface area contributed by atoms with Crippen LogP contribution >= 0.6 is 0 Å². The highest BCUT2D eigenvalue weighted by atomic mass is 19.1. The van der Waals surface area contributed by atoms with Crippen molar-refractivity contribution < 1.29 is 19.1 Å². The van der Waals surface area contributed by atoms with Crippen LogP contribution in [0.15, 0.2) is 36.7 Å². The van der Waals surface area contributed by atoms with Crippen LogP contribution in [0.3, 0.4) is 0 Å². The third-order valence-corrected chi connectivity index (χ3v) is 3.57. The minimum absolute atomic E-state index is 0.0967. The van der Waals surface area contributed by atoms with Gasteiger partial charge in [0.25, 0.3) is 5.91 Å². The lowest BCUT2D eigenvalue weighted by Gasteiger charge is -2.18. The van der Waals surface area contributed by atoms with Crippen molar-refractivity contribution in [2.75, 3.05) is 6.54 Å². The lowest BCUT2D eigenvalue weighted by atomic mass is 9.99. The highest BCUT2D eigenvalue weighted by Gasteiger charge is 2.22. The third-order valence-electron chi connectivity index (χ3n) is 3.57. The number of carboxylic acids is 1. The van der Waals surface area contributed by atoms with Gasteiger partial charge in [-0.25, -0.2) is 4.39 Å². The van der Waals surface area contributed by atoms with Gasteiger partial charge in [-0.2, -0.15) is 5.10 Å². The van der Waals surface area contributed by atoms with Crippen LogP contribution in [0.1, 0.15) is 42.6 Å². The van der Waals surface area contributed by atoms with E-state index < -0.39 is 23.6 Å². The van der Waals surface area contributed by atoms with Crippen molar-refractivity contribution in [2.45, 2.75) is 32.2 Å². The van der Waals surface area contributed by atoms with Crippen molar-refractivity contribution in [3.8, 4) is 0 Å². The number of carboxylic acid groups (broad SMARTS) is 1. The number of nitrogens with one attached hydrogen (secondary N) is 1. The summed E-state index contributed by atoms with van der Waals surface area (Å²) < 4.78 is 14.6. The molecule has 1 atom stereocenters. The monoisotopic (exact) mass is 333 g/mol. The van der Waals surface area contributed by atoms with Crippen LogP contribution < -0.4 is 5.32 Å². The molecule has 1 aromatic heterocycles. The Morgan fingerprint density at radius 3 is 2.42 bits per heavy atom. The van der Waals surface area contributed by atoms with Gasteiger partial charge in [0.2, 0.25) is 0 Å². The predicted octanol–water partition coefficient (Wildman–Crippen LogP) is 2.38. The number of carbonyl (C=O) groups is 2. The van der Waals surface area contributed by atoms with Crippen molar-refractivity contribution in [3.63, 3.8) is 0 Å². The van der Waals surface area contributed by atoms with E-state index >= 15 is 0 Å². The number of hydrogen-bond donors (Lipinski definition) is 2. The number of rotatable bonds is 5. The number of amides is 1. The van der Waals surface area contributed by atoms with E-state index in [-0.39, 0.29) is 12.1 Å². The average molecular weight is 333 g/mol. The molecule has 2 rings (SSSR count). The Morgan fingerprint density at radius 2 is 1.92 bits per heavy atom. The molecule has 24 heavy (non-hydrogen) atoms. The maximum atomic E-state index is 13.0. The SMILES string of the molecule is CC(C)(C)n1cc(C(=O)NCC(C(=O)O)c2ccc(F)cc2)cn1. The van der Waals surface area contributed by atoms with E-state index in [9.17, 15) is 19.1 Å². The molecule has 2 N–H and O–H groups in total. The van der Waals surface area contributed by atoms with Gasteiger partial charge >= 0.3 is 5.97 Å². The van der Waals surface area contributed by atoms with Gasteiger partial charge in [0.05, 0.1) is 23.2 Å². The zero-order valence-corrected chi connectivity index (χ0v) is 13.8. The summed E-state index contributed by atoms with van der Waals surface area (Å²) in [5.41, 5.74) is 0.527. The van der Waals surface area contributed by atoms with Crippen molar-refractivity contribution >= 4 is 11.9 Å². The minimum Gasteiger partial charge on any atom is -0.481 e. The number of carbonyl (C=O) groups excluding carboxylic acids is 1. The second-order valence-corrected chi connectivity index (χ2v) is 6.50. The molecule has 1 amide bonds. The maximum absolute atomic E-state index is 13.0. The molecule has 1 unspecified atom stereocenters. The topological polar surface area (TPSA) is 84.2 Å². The summed E-state index contributed by atoms with van der Waals surface area (Å²) >= 11 is 0. The van der Waals surface area contributed by atoms with E-state index in [2.05, 4.69) is 10.4 Å². The van der Waals surface area contributed by atoms with E-state index in [1.165, 1.54) is 30.5 Å². The van der Waals surface area contributed by atoms with Crippen molar-refractivity contribution in [3.05, 3.63) is 53.6 Å². The van der Waals surface area contributed by atoms with Gasteiger partial charge < -0.3 is 10.4 Å². The quantitative estimate of drug-likeness (QED) is 0.880. The van der Waals surface area contributed by atoms with Gasteiger partial charge in [0.15, 0.2) is 0 Å². The molecule has 1 heterocycles. The van der Waals surface area contributed by atoms with E-state index in [4.69, 9.17) is 0 Å². The van der Waals surface area contributed by atoms with Crippen molar-refractivity contribution in [1.29, 1.82) is 0 Å². The molecule has 1 aromatic carbocycles. The largest absolute Gasteiger partial charge is 0.481 e. The van der Waals surface area contributed by atoms with E-state index in [1.807, 2.05) is 20.8 Å². The van der Waals surface area contributed by atoms with Crippen LogP contribution in [0.2, 0.25) is 0 Å². The molecule has 0 aliphatic carbocycles. The first-order valence-corrected chi connectivity index (χ1v) is 7.50. The molecule has 128 valence electrons. The van der Waals surface area contributed by atoms with E-state index in [0.717, 1.165) is 0 Å². The zero-order valence-electron chi connectivity index (χ0n) is 13.8. The fourth-order valence-corrected chi connectivity index (χ4v) is 2.15. The van der Waals surface area contributed by atoms with Crippen LogP contribution in [-0.2, 0) is 10.3 Å². The van der Waals surface area contributed by atoms with Crippen molar-refractivity contribution in [1.82, 2.24) is 15.1 Å². The second kappa shape index (κ2) is 6.82. The summed E-state index contributed by atoms with van der Waals surface area (Å²) in [5, 5.41) is 16.1. The molecular formula is C17H20FN3O3. The molecule has 0 aliphatic rings. The van der Waals surface area contributed by atoms with Gasteiger partial charge in [0, 0.05) is 12.7 Å². The first-order chi connectivity index (χ1) is 11.2. The Morgan fingerprint density at radius 1 is 1.29 bits per heavy atom. The highest BCUT2D eigenvalue weighted by Crippen LogP contribution is 2.17. The average Bonchev–Trinajstić information content (AvgIpc) is 2.99. The number of benzene rings is 1. The Labute approximate surface area is 139 Å². The number of nitrogens with zero attached hydrogens (tertiary/aromatic N) is 2. The lowest BCUT2D eigenvalue weighted by molar-refractivity contribution is -0.138. The fraction of sp³-hybridized carbons (Fsp3) is 0.353. The van der Waals surface area contributed by atoms with Gasteiger partial charge in [0.1, 0.15) is 5.82 Å².